The van der Waals surface area contributed by atoms with E-state index in [9.17, 15) is 14.4 Å². The summed E-state index contributed by atoms with van der Waals surface area (Å²) >= 11 is 0. The molecule has 0 aromatic carbocycles. The van der Waals surface area contributed by atoms with E-state index in [0.29, 0.717) is 32.5 Å². The average Bonchev–Trinajstić information content (AvgIpc) is 3.08. The molecule has 0 radical (unpaired) electrons. The molecule has 0 saturated carbocycles. The van der Waals surface area contributed by atoms with Gasteiger partial charge in [-0.2, -0.15) is 0 Å². The molecule has 0 aromatic heterocycles. The monoisotopic (exact) mass is 762 g/mol. The van der Waals surface area contributed by atoms with Gasteiger partial charge in [0.25, 0.3) is 0 Å². The van der Waals surface area contributed by atoms with Crippen LogP contribution in [0.25, 0.3) is 0 Å². The molecule has 0 bridgehead atoms. The van der Waals surface area contributed by atoms with Crippen molar-refractivity contribution in [1.29, 1.82) is 0 Å². The summed E-state index contributed by atoms with van der Waals surface area (Å²) in [6.45, 7) is 15.1. The van der Waals surface area contributed by atoms with Crippen LogP contribution in [0.3, 0.4) is 0 Å². The third-order valence-corrected chi connectivity index (χ3v) is 9.90. The maximum absolute atomic E-state index is 13.3. The van der Waals surface area contributed by atoms with Gasteiger partial charge in [-0.3, -0.25) is 14.4 Å². The van der Waals surface area contributed by atoms with E-state index in [0.717, 1.165) is 116 Å². The van der Waals surface area contributed by atoms with Gasteiger partial charge < -0.3 is 19.1 Å². The van der Waals surface area contributed by atoms with Crippen molar-refractivity contribution in [1.82, 2.24) is 4.90 Å². The van der Waals surface area contributed by atoms with E-state index in [1.54, 1.807) is 0 Å². The lowest BCUT2D eigenvalue weighted by molar-refractivity contribution is -0.153. The number of carbonyl (C=O) groups excluding carboxylic acids is 3. The first kappa shape index (κ1) is 51.9. The maximum atomic E-state index is 13.3. The van der Waals surface area contributed by atoms with Gasteiger partial charge >= 0.3 is 17.9 Å². The normalized spacial score (nSPS) is 12.4. The van der Waals surface area contributed by atoms with Crippen LogP contribution in [0, 0.1) is 10.8 Å². The van der Waals surface area contributed by atoms with Gasteiger partial charge in [0.2, 0.25) is 0 Å². The molecule has 0 rings (SSSR count). The number of hydrogen-bond donors (Lipinski definition) is 0. The lowest BCUT2D eigenvalue weighted by Gasteiger charge is -2.36. The van der Waals surface area contributed by atoms with E-state index >= 15 is 0 Å². The highest BCUT2D eigenvalue weighted by Gasteiger charge is 2.32. The van der Waals surface area contributed by atoms with Crippen LogP contribution < -0.4 is 0 Å². The standard InChI is InChI=1S/C47H87NO6/c1-9-11-13-15-25-31-37-52-43(49)35-29-23-19-17-21-27-33-42(54-45(51)39-46(3,4)40-47(5,6)41-48(7)8)34-28-22-18-20-24-30-36-44(50)53-38-32-26-16-14-12-10-2/h25-26,31-32,42H,9-24,27-30,33-41H2,1-8H3/b31-25-,32-26-. The lowest BCUT2D eigenvalue weighted by Crippen LogP contribution is -2.34. The molecule has 54 heavy (non-hydrogen) atoms. The summed E-state index contributed by atoms with van der Waals surface area (Å²) in [5.41, 5.74) is -0.0149. The molecule has 0 atom stereocenters. The van der Waals surface area contributed by atoms with Crippen molar-refractivity contribution in [3.8, 4) is 0 Å². The van der Waals surface area contributed by atoms with Gasteiger partial charge in [0.1, 0.15) is 19.3 Å². The SMILES string of the molecule is CCCCC/C=C\COC(=O)CCCCCCCCC(CCCCCCCCC(=O)OC/C=C\CCCCC)OC(=O)CC(C)(C)CC(C)(C)CN(C)C. The highest BCUT2D eigenvalue weighted by atomic mass is 16.5. The van der Waals surface area contributed by atoms with Gasteiger partial charge in [-0.15, -0.1) is 0 Å². The number of carbonyl (C=O) groups is 3. The molecule has 316 valence electrons. The fourth-order valence-corrected chi connectivity index (χ4v) is 7.67. The smallest absolute Gasteiger partial charge is 0.306 e. The first-order valence-electron chi connectivity index (χ1n) is 22.3. The van der Waals surface area contributed by atoms with E-state index in [-0.39, 0.29) is 34.8 Å². The second-order valence-electron chi connectivity index (χ2n) is 17.7. The quantitative estimate of drug-likeness (QED) is 0.0270. The second-order valence-corrected chi connectivity index (χ2v) is 17.7. The molecule has 0 spiro atoms. The van der Waals surface area contributed by atoms with Gasteiger partial charge in [0.15, 0.2) is 0 Å². The van der Waals surface area contributed by atoms with Crippen molar-refractivity contribution in [2.45, 2.75) is 215 Å². The number of ether oxygens (including phenoxy) is 3. The van der Waals surface area contributed by atoms with Crippen molar-refractivity contribution in [3.05, 3.63) is 24.3 Å². The molecule has 0 aliphatic rings. The molecule has 0 aromatic rings. The minimum absolute atomic E-state index is 0.0333. The number of unbranched alkanes of at least 4 members (excludes halogenated alkanes) is 16. The van der Waals surface area contributed by atoms with E-state index in [1.807, 2.05) is 12.2 Å². The first-order valence-corrected chi connectivity index (χ1v) is 22.3. The molecule has 0 amide bonds. The Hall–Kier alpha value is -2.15. The van der Waals surface area contributed by atoms with E-state index in [1.165, 1.54) is 38.5 Å². The average molecular weight is 762 g/mol. The zero-order valence-electron chi connectivity index (χ0n) is 36.8. The molecule has 0 fully saturated rings. The van der Waals surface area contributed by atoms with Crippen molar-refractivity contribution in [2.24, 2.45) is 10.8 Å². The Balaban J connectivity index is 4.53. The zero-order chi connectivity index (χ0) is 40.3. The number of nitrogens with zero attached hydrogens (tertiary/aromatic N) is 1. The van der Waals surface area contributed by atoms with E-state index in [4.69, 9.17) is 14.2 Å². The summed E-state index contributed by atoms with van der Waals surface area (Å²) in [6.07, 6.45) is 34.4. The van der Waals surface area contributed by atoms with Crippen molar-refractivity contribution < 1.29 is 28.6 Å². The highest BCUT2D eigenvalue weighted by Crippen LogP contribution is 2.37. The van der Waals surface area contributed by atoms with Crippen LogP contribution in [-0.2, 0) is 28.6 Å². The van der Waals surface area contributed by atoms with Crippen molar-refractivity contribution >= 4 is 17.9 Å². The maximum Gasteiger partial charge on any atom is 0.306 e. The Morgan fingerprint density at radius 2 is 0.963 bits per heavy atom. The number of hydrogen-bond acceptors (Lipinski definition) is 7. The molecule has 0 saturated heterocycles. The summed E-state index contributed by atoms with van der Waals surface area (Å²) in [7, 11) is 4.21. The van der Waals surface area contributed by atoms with Gasteiger partial charge in [0.05, 0.1) is 6.42 Å². The summed E-state index contributed by atoms with van der Waals surface area (Å²) in [5.74, 6) is -0.263. The third-order valence-electron chi connectivity index (χ3n) is 9.90. The predicted octanol–water partition coefficient (Wildman–Crippen LogP) is 12.9. The molecule has 0 unspecified atom stereocenters. The Bertz CT molecular complexity index is 933. The fraction of sp³-hybridized carbons (Fsp3) is 0.851. The third kappa shape index (κ3) is 35.5. The van der Waals surface area contributed by atoms with Crippen LogP contribution in [0.15, 0.2) is 24.3 Å². The molecule has 0 aliphatic heterocycles. The fourth-order valence-electron chi connectivity index (χ4n) is 7.67. The molecule has 0 aliphatic carbocycles. The number of rotatable bonds is 37. The zero-order valence-corrected chi connectivity index (χ0v) is 36.8. The van der Waals surface area contributed by atoms with Crippen LogP contribution in [0.5, 0.6) is 0 Å². The van der Waals surface area contributed by atoms with Gasteiger partial charge in [-0.05, 0) is 95.6 Å². The highest BCUT2D eigenvalue weighted by molar-refractivity contribution is 5.70. The van der Waals surface area contributed by atoms with Crippen LogP contribution in [0.2, 0.25) is 0 Å². The van der Waals surface area contributed by atoms with Crippen LogP contribution >= 0.6 is 0 Å². The summed E-state index contributed by atoms with van der Waals surface area (Å²) < 4.78 is 16.9. The predicted molar refractivity (Wildman–Crippen MR) is 228 cm³/mol. The Kier molecular flexibility index (Phi) is 32.8. The van der Waals surface area contributed by atoms with E-state index in [2.05, 4.69) is 72.7 Å². The minimum atomic E-state index is -0.129. The Morgan fingerprint density at radius 1 is 0.537 bits per heavy atom. The molecular weight excluding hydrogens is 675 g/mol. The van der Waals surface area contributed by atoms with Crippen LogP contribution in [-0.4, -0.2) is 62.8 Å². The van der Waals surface area contributed by atoms with Gasteiger partial charge in [-0.25, -0.2) is 0 Å². The summed E-state index contributed by atoms with van der Waals surface area (Å²) in [5, 5.41) is 0. The van der Waals surface area contributed by atoms with Crippen molar-refractivity contribution in [2.75, 3.05) is 33.9 Å². The van der Waals surface area contributed by atoms with Crippen LogP contribution in [0.1, 0.15) is 208 Å². The molecule has 7 heteroatoms. The van der Waals surface area contributed by atoms with Gasteiger partial charge in [-0.1, -0.05) is 143 Å². The minimum Gasteiger partial charge on any atom is -0.462 e. The van der Waals surface area contributed by atoms with Gasteiger partial charge in [0, 0.05) is 19.4 Å². The Morgan fingerprint density at radius 3 is 1.39 bits per heavy atom. The molecule has 0 N–H and O–H groups in total. The topological polar surface area (TPSA) is 82.1 Å². The molecule has 7 nitrogen and oxygen atoms in total. The molecular formula is C47H87NO6. The second kappa shape index (κ2) is 34.1. The number of esters is 3. The summed E-state index contributed by atoms with van der Waals surface area (Å²) in [4.78, 5) is 39.5. The largest absolute Gasteiger partial charge is 0.462 e. The van der Waals surface area contributed by atoms with Crippen molar-refractivity contribution in [3.63, 3.8) is 0 Å². The summed E-state index contributed by atoms with van der Waals surface area (Å²) in [6, 6.07) is 0. The van der Waals surface area contributed by atoms with E-state index < -0.39 is 0 Å². The lowest BCUT2D eigenvalue weighted by atomic mass is 9.73. The molecule has 0 heterocycles. The van der Waals surface area contributed by atoms with Crippen LogP contribution in [0.4, 0.5) is 0 Å². The Labute approximate surface area is 334 Å². The number of allylic oxidation sites excluding steroid dienone is 2. The first-order chi connectivity index (χ1) is 25.8.